The van der Waals surface area contributed by atoms with E-state index in [1.54, 1.807) is 25.3 Å². The van der Waals surface area contributed by atoms with Crippen LogP contribution in [0, 0.1) is 12.1 Å². The van der Waals surface area contributed by atoms with Gasteiger partial charge in [0.2, 0.25) is 5.69 Å². The number of nitrogens with zero attached hydrogens (tertiary/aromatic N) is 2. The van der Waals surface area contributed by atoms with E-state index >= 15 is 0 Å². The lowest BCUT2D eigenvalue weighted by Gasteiger charge is -2.07. The molecule has 2 rings (SSSR count). The zero-order valence-corrected chi connectivity index (χ0v) is 10.8. The monoisotopic (exact) mass is 258 g/mol. The number of ether oxygens (including phenoxy) is 1. The molecule has 0 aliphatic heterocycles. The number of hydrogen-bond acceptors (Lipinski definition) is 4. The van der Waals surface area contributed by atoms with Gasteiger partial charge in [0.1, 0.15) is 0 Å². The van der Waals surface area contributed by atoms with Crippen molar-refractivity contribution in [2.24, 2.45) is 0 Å². The molecule has 0 aliphatic rings. The van der Waals surface area contributed by atoms with Gasteiger partial charge in [-0.25, -0.2) is 4.79 Å². The Morgan fingerprint density at radius 1 is 1.42 bits per heavy atom. The van der Waals surface area contributed by atoms with Gasteiger partial charge in [0.15, 0.2) is 6.20 Å². The second kappa shape index (κ2) is 5.48. The van der Waals surface area contributed by atoms with Crippen LogP contribution in [0.5, 0.6) is 0 Å². The molecule has 0 unspecified atom stereocenters. The summed E-state index contributed by atoms with van der Waals surface area (Å²) < 4.78 is 5.64. The molecule has 0 radical (unpaired) electrons. The summed E-state index contributed by atoms with van der Waals surface area (Å²) in [7, 11) is 0. The Balaban J connectivity index is 2.45. The van der Waals surface area contributed by atoms with Crippen molar-refractivity contribution >= 4 is 5.97 Å². The highest BCUT2D eigenvalue weighted by atomic mass is 16.5. The van der Waals surface area contributed by atoms with Crippen LogP contribution in [0.25, 0.3) is 11.3 Å². The number of carbonyl (C=O) groups excluding carboxylic acids is 1. The average Bonchev–Trinajstić information content (AvgIpc) is 2.39. The molecular weight excluding hydrogens is 244 g/mol. The van der Waals surface area contributed by atoms with Crippen molar-refractivity contribution in [3.8, 4) is 11.3 Å². The third-order valence-corrected chi connectivity index (χ3v) is 2.62. The number of hydrogen-bond donors (Lipinski definition) is 0. The van der Waals surface area contributed by atoms with Gasteiger partial charge in [0, 0.05) is 24.0 Å². The summed E-state index contributed by atoms with van der Waals surface area (Å²) in [5.74, 6) is -0.435. The first-order valence-electron chi connectivity index (χ1n) is 5.95. The van der Waals surface area contributed by atoms with Crippen LogP contribution in [0.2, 0.25) is 0 Å². The number of carbonyl (C=O) groups is 1. The average molecular weight is 258 g/mol. The molecule has 0 bridgehead atoms. The lowest BCUT2D eigenvalue weighted by atomic mass is 10.1. The van der Waals surface area contributed by atoms with Gasteiger partial charge in [-0.15, -0.1) is 0 Å². The van der Waals surface area contributed by atoms with Crippen LogP contribution in [0.1, 0.15) is 23.0 Å². The highest BCUT2D eigenvalue weighted by Gasteiger charge is 2.15. The summed E-state index contributed by atoms with van der Waals surface area (Å²) in [4.78, 5) is 15.7. The summed E-state index contributed by atoms with van der Waals surface area (Å²) in [6.07, 6.45) is 2.93. The smallest absolute Gasteiger partial charge is 0.338 e. The maximum absolute atomic E-state index is 11.8. The van der Waals surface area contributed by atoms with Crippen molar-refractivity contribution in [1.82, 2.24) is 4.98 Å². The van der Waals surface area contributed by atoms with Gasteiger partial charge in [-0.3, -0.25) is 4.98 Å². The van der Waals surface area contributed by atoms with E-state index in [9.17, 15) is 10.0 Å². The first-order valence-corrected chi connectivity index (χ1v) is 5.95. The summed E-state index contributed by atoms with van der Waals surface area (Å²) in [5, 5.41) is 11.8. The van der Waals surface area contributed by atoms with E-state index in [4.69, 9.17) is 4.74 Å². The normalized spacial score (nSPS) is 10.2. The fourth-order valence-electron chi connectivity index (χ4n) is 1.74. The highest BCUT2D eigenvalue weighted by molar-refractivity contribution is 5.90. The van der Waals surface area contributed by atoms with E-state index in [2.05, 4.69) is 4.98 Å². The Morgan fingerprint density at radius 3 is 2.89 bits per heavy atom. The van der Waals surface area contributed by atoms with Gasteiger partial charge in [0.05, 0.1) is 17.7 Å². The maximum Gasteiger partial charge on any atom is 0.338 e. The Morgan fingerprint density at radius 2 is 2.21 bits per heavy atom. The third kappa shape index (κ3) is 2.88. The van der Waals surface area contributed by atoms with Crippen LogP contribution in [0.3, 0.4) is 0 Å². The van der Waals surface area contributed by atoms with Gasteiger partial charge >= 0.3 is 5.97 Å². The Kier molecular flexibility index (Phi) is 3.75. The van der Waals surface area contributed by atoms with Gasteiger partial charge in [0.25, 0.3) is 0 Å². The molecular formula is C14H14N2O3. The molecule has 98 valence electrons. The van der Waals surface area contributed by atoms with Crippen molar-refractivity contribution < 1.29 is 14.3 Å². The zero-order valence-electron chi connectivity index (χ0n) is 10.8. The summed E-state index contributed by atoms with van der Waals surface area (Å²) >= 11 is 0. The molecule has 0 saturated carbocycles. The van der Waals surface area contributed by atoms with Gasteiger partial charge in [-0.05, 0) is 26.0 Å². The first kappa shape index (κ1) is 13.0. The highest BCUT2D eigenvalue weighted by Crippen LogP contribution is 2.17. The van der Waals surface area contributed by atoms with Crippen molar-refractivity contribution in [3.05, 3.63) is 53.1 Å². The molecule has 19 heavy (non-hydrogen) atoms. The van der Waals surface area contributed by atoms with Crippen molar-refractivity contribution in [2.75, 3.05) is 6.61 Å². The van der Waals surface area contributed by atoms with Crippen molar-refractivity contribution in [3.63, 3.8) is 0 Å². The number of esters is 1. The molecule has 5 heteroatoms. The Labute approximate surface area is 111 Å². The molecule has 0 N–H and O–H groups in total. The van der Waals surface area contributed by atoms with E-state index in [0.29, 0.717) is 23.4 Å². The fourth-order valence-corrected chi connectivity index (χ4v) is 1.74. The second-order valence-electron chi connectivity index (χ2n) is 4.03. The molecule has 2 aromatic rings. The standard InChI is InChI=1S/C14H14N2O3/c1-3-19-14(17)12-5-7-16(18)13(9-12)11-4-6-15-10(2)8-11/h4-9H,3H2,1-2H3. The first-order chi connectivity index (χ1) is 9.11. The fraction of sp³-hybridized carbons (Fsp3) is 0.214. The van der Waals surface area contributed by atoms with Crippen molar-refractivity contribution in [2.45, 2.75) is 13.8 Å². The largest absolute Gasteiger partial charge is 0.618 e. The van der Waals surface area contributed by atoms with Crippen LogP contribution in [0.4, 0.5) is 0 Å². The van der Waals surface area contributed by atoms with Crippen LogP contribution in [-0.4, -0.2) is 17.6 Å². The summed E-state index contributed by atoms with van der Waals surface area (Å²) in [6.45, 7) is 3.88. The molecule has 0 spiro atoms. The minimum absolute atomic E-state index is 0.300. The lowest BCUT2D eigenvalue weighted by molar-refractivity contribution is -0.593. The van der Waals surface area contributed by atoms with Gasteiger partial charge in [-0.1, -0.05) is 0 Å². The predicted octanol–water partition coefficient (Wildman–Crippen LogP) is 1.87. The van der Waals surface area contributed by atoms with Crippen molar-refractivity contribution in [1.29, 1.82) is 0 Å². The topological polar surface area (TPSA) is 66.1 Å². The summed E-state index contributed by atoms with van der Waals surface area (Å²) in [5.41, 5.74) is 2.28. The van der Waals surface area contributed by atoms with E-state index in [1.807, 2.05) is 6.92 Å². The second-order valence-corrected chi connectivity index (χ2v) is 4.03. The minimum atomic E-state index is -0.435. The van der Waals surface area contributed by atoms with E-state index in [-0.39, 0.29) is 0 Å². The minimum Gasteiger partial charge on any atom is -0.618 e. The quantitative estimate of drug-likeness (QED) is 0.479. The van der Waals surface area contributed by atoms with Crippen LogP contribution in [0.15, 0.2) is 36.7 Å². The zero-order chi connectivity index (χ0) is 13.8. The van der Waals surface area contributed by atoms with Crippen LogP contribution < -0.4 is 4.73 Å². The molecule has 0 aromatic carbocycles. The third-order valence-electron chi connectivity index (χ3n) is 2.62. The lowest BCUT2D eigenvalue weighted by Crippen LogP contribution is -2.29. The Hall–Kier alpha value is -2.43. The SMILES string of the molecule is CCOC(=O)c1cc[n+]([O-])c(-c2ccnc(C)c2)c1. The molecule has 0 fully saturated rings. The number of aryl methyl sites for hydroxylation is 1. The maximum atomic E-state index is 11.8. The van der Waals surface area contributed by atoms with Crippen LogP contribution in [-0.2, 0) is 4.74 Å². The molecule has 2 heterocycles. The number of aromatic nitrogens is 2. The Bertz CT molecular complexity index is 611. The predicted molar refractivity (Wildman–Crippen MR) is 69.3 cm³/mol. The van der Waals surface area contributed by atoms with Gasteiger partial charge < -0.3 is 9.94 Å². The molecule has 2 aromatic heterocycles. The molecule has 0 aliphatic carbocycles. The van der Waals surface area contributed by atoms with E-state index in [0.717, 1.165) is 10.4 Å². The molecule has 0 amide bonds. The van der Waals surface area contributed by atoms with E-state index < -0.39 is 5.97 Å². The number of pyridine rings is 2. The number of rotatable bonds is 3. The van der Waals surface area contributed by atoms with Crippen LogP contribution >= 0.6 is 0 Å². The van der Waals surface area contributed by atoms with Gasteiger partial charge in [-0.2, -0.15) is 4.73 Å². The molecule has 5 nitrogen and oxygen atoms in total. The molecule has 0 saturated heterocycles. The summed E-state index contributed by atoms with van der Waals surface area (Å²) in [6, 6.07) is 6.49. The molecule has 0 atom stereocenters. The van der Waals surface area contributed by atoms with E-state index in [1.165, 1.54) is 18.3 Å².